The molecular weight excluding hydrogens is 205 g/mol. The fourth-order valence-electron chi connectivity index (χ4n) is 2.08. The van der Waals surface area contributed by atoms with Crippen LogP contribution in [0.2, 0.25) is 0 Å². The summed E-state index contributed by atoms with van der Waals surface area (Å²) in [6, 6.07) is 0.0302. The van der Waals surface area contributed by atoms with Crippen LogP contribution in [-0.2, 0) is 0 Å². The van der Waals surface area contributed by atoms with Gasteiger partial charge in [-0.3, -0.25) is 4.90 Å². The van der Waals surface area contributed by atoms with Gasteiger partial charge in [0.1, 0.15) is 0 Å². The van der Waals surface area contributed by atoms with Crippen molar-refractivity contribution in [3.05, 3.63) is 0 Å². The van der Waals surface area contributed by atoms with Crippen LogP contribution in [0.25, 0.3) is 0 Å². The van der Waals surface area contributed by atoms with Crippen LogP contribution in [0.1, 0.15) is 26.7 Å². The highest BCUT2D eigenvalue weighted by molar-refractivity contribution is 4.81. The van der Waals surface area contributed by atoms with Crippen molar-refractivity contribution in [2.75, 3.05) is 19.6 Å². The second-order valence-electron chi connectivity index (χ2n) is 4.36. The lowest BCUT2D eigenvalue weighted by molar-refractivity contribution is -0.156. The molecule has 90 valence electrons. The Morgan fingerprint density at radius 2 is 1.80 bits per heavy atom. The molecule has 0 amide bonds. The minimum absolute atomic E-state index is 0.0466. The maximum Gasteiger partial charge on any atom is 0.401 e. The second-order valence-corrected chi connectivity index (χ2v) is 4.36. The van der Waals surface area contributed by atoms with Gasteiger partial charge in [0.2, 0.25) is 0 Å². The van der Waals surface area contributed by atoms with Gasteiger partial charge >= 0.3 is 6.18 Å². The quantitative estimate of drug-likeness (QED) is 0.789. The average molecular weight is 224 g/mol. The number of halogens is 3. The van der Waals surface area contributed by atoms with E-state index in [9.17, 15) is 13.2 Å². The van der Waals surface area contributed by atoms with Gasteiger partial charge in [-0.25, -0.2) is 0 Å². The van der Waals surface area contributed by atoms with E-state index in [1.807, 2.05) is 13.8 Å². The smallest absolute Gasteiger partial charge is 0.317 e. The lowest BCUT2D eigenvalue weighted by Gasteiger charge is -2.37. The lowest BCUT2D eigenvalue weighted by atomic mass is 10.0. The van der Waals surface area contributed by atoms with E-state index >= 15 is 0 Å². The summed E-state index contributed by atoms with van der Waals surface area (Å²) in [7, 11) is 0. The van der Waals surface area contributed by atoms with Crippen LogP contribution in [0, 0.1) is 0 Å². The van der Waals surface area contributed by atoms with Crippen molar-refractivity contribution < 1.29 is 13.2 Å². The van der Waals surface area contributed by atoms with Crippen molar-refractivity contribution in [2.24, 2.45) is 0 Å². The highest BCUT2D eigenvalue weighted by atomic mass is 19.4. The predicted molar refractivity (Wildman–Crippen MR) is 53.8 cm³/mol. The molecule has 1 rings (SSSR count). The van der Waals surface area contributed by atoms with Crippen LogP contribution in [0.3, 0.4) is 0 Å². The Morgan fingerprint density at radius 3 is 2.20 bits per heavy atom. The third-order valence-electron chi connectivity index (χ3n) is 2.80. The Balaban J connectivity index is 2.56. The second kappa shape index (κ2) is 5.16. The van der Waals surface area contributed by atoms with E-state index in [1.54, 1.807) is 4.90 Å². The lowest BCUT2D eigenvalue weighted by Crippen LogP contribution is -2.49. The third-order valence-corrected chi connectivity index (χ3v) is 2.80. The maximum absolute atomic E-state index is 12.4. The van der Waals surface area contributed by atoms with Crippen molar-refractivity contribution in [1.29, 1.82) is 0 Å². The Morgan fingerprint density at radius 1 is 1.27 bits per heavy atom. The van der Waals surface area contributed by atoms with Gasteiger partial charge in [-0.15, -0.1) is 0 Å². The highest BCUT2D eigenvalue weighted by Gasteiger charge is 2.35. The molecule has 0 aromatic rings. The third kappa shape index (κ3) is 4.38. The molecule has 0 aromatic carbocycles. The van der Waals surface area contributed by atoms with Crippen molar-refractivity contribution in [3.63, 3.8) is 0 Å². The zero-order valence-corrected chi connectivity index (χ0v) is 9.27. The number of hydrogen-bond acceptors (Lipinski definition) is 2. The molecule has 1 N–H and O–H groups in total. The van der Waals surface area contributed by atoms with E-state index in [4.69, 9.17) is 0 Å². The number of rotatable bonds is 3. The number of nitrogens with one attached hydrogen (secondary N) is 1. The molecule has 15 heavy (non-hydrogen) atoms. The first-order chi connectivity index (χ1) is 6.90. The van der Waals surface area contributed by atoms with Gasteiger partial charge in [0.05, 0.1) is 6.54 Å². The van der Waals surface area contributed by atoms with Crippen LogP contribution in [0.4, 0.5) is 13.2 Å². The van der Waals surface area contributed by atoms with Crippen molar-refractivity contribution in [2.45, 2.75) is 44.9 Å². The van der Waals surface area contributed by atoms with Gasteiger partial charge in [0, 0.05) is 12.1 Å². The molecule has 1 aliphatic rings. The highest BCUT2D eigenvalue weighted by Crippen LogP contribution is 2.22. The minimum Gasteiger partial charge on any atom is -0.317 e. The fraction of sp³-hybridized carbons (Fsp3) is 1.00. The topological polar surface area (TPSA) is 15.3 Å². The number of piperidine rings is 1. The molecule has 0 saturated carbocycles. The van der Waals surface area contributed by atoms with Gasteiger partial charge < -0.3 is 5.32 Å². The SMILES string of the molecule is CC(C)N(CC(F)(F)F)C1CCNCC1. The Hall–Kier alpha value is -0.290. The van der Waals surface area contributed by atoms with Gasteiger partial charge in [0.25, 0.3) is 0 Å². The van der Waals surface area contributed by atoms with Gasteiger partial charge in [-0.05, 0) is 39.8 Å². The normalized spacial score (nSPS) is 20.2. The van der Waals surface area contributed by atoms with E-state index < -0.39 is 12.7 Å². The average Bonchev–Trinajstić information content (AvgIpc) is 2.14. The Bertz CT molecular complexity index is 186. The van der Waals surface area contributed by atoms with E-state index in [-0.39, 0.29) is 12.1 Å². The first-order valence-corrected chi connectivity index (χ1v) is 5.43. The number of hydrogen-bond donors (Lipinski definition) is 1. The molecule has 0 spiro atoms. The molecule has 1 fully saturated rings. The van der Waals surface area contributed by atoms with E-state index in [2.05, 4.69) is 5.32 Å². The van der Waals surface area contributed by atoms with E-state index in [0.717, 1.165) is 25.9 Å². The largest absolute Gasteiger partial charge is 0.401 e. The van der Waals surface area contributed by atoms with Crippen LogP contribution >= 0.6 is 0 Å². The molecule has 1 saturated heterocycles. The molecule has 2 nitrogen and oxygen atoms in total. The monoisotopic (exact) mass is 224 g/mol. The summed E-state index contributed by atoms with van der Waals surface area (Å²) in [6.45, 7) is 4.52. The van der Waals surface area contributed by atoms with Crippen LogP contribution < -0.4 is 5.32 Å². The standard InChI is InChI=1S/C10H19F3N2/c1-8(2)15(7-10(11,12)13)9-3-5-14-6-4-9/h8-9,14H,3-7H2,1-2H3. The van der Waals surface area contributed by atoms with Crippen LogP contribution in [0.5, 0.6) is 0 Å². The molecule has 0 aliphatic carbocycles. The zero-order chi connectivity index (χ0) is 11.5. The van der Waals surface area contributed by atoms with Crippen LogP contribution in [0.15, 0.2) is 0 Å². The molecule has 1 aliphatic heterocycles. The summed E-state index contributed by atoms with van der Waals surface area (Å²) in [5, 5.41) is 3.16. The molecule has 0 radical (unpaired) electrons. The molecule has 0 aromatic heterocycles. The maximum atomic E-state index is 12.4. The first-order valence-electron chi connectivity index (χ1n) is 5.43. The molecule has 5 heteroatoms. The van der Waals surface area contributed by atoms with Crippen LogP contribution in [-0.4, -0.2) is 42.8 Å². The summed E-state index contributed by atoms with van der Waals surface area (Å²) >= 11 is 0. The predicted octanol–water partition coefficient (Wildman–Crippen LogP) is 2.01. The fourth-order valence-corrected chi connectivity index (χ4v) is 2.08. The number of nitrogens with zero attached hydrogens (tertiary/aromatic N) is 1. The van der Waals surface area contributed by atoms with Crippen molar-refractivity contribution >= 4 is 0 Å². The van der Waals surface area contributed by atoms with E-state index in [0.29, 0.717) is 0 Å². The van der Waals surface area contributed by atoms with Gasteiger partial charge in [-0.2, -0.15) is 13.2 Å². The van der Waals surface area contributed by atoms with Gasteiger partial charge in [0.15, 0.2) is 0 Å². The zero-order valence-electron chi connectivity index (χ0n) is 9.27. The molecule has 0 atom stereocenters. The summed E-state index contributed by atoms with van der Waals surface area (Å²) in [5.41, 5.74) is 0. The molecular formula is C10H19F3N2. The molecule has 0 unspecified atom stereocenters. The minimum atomic E-state index is -4.09. The van der Waals surface area contributed by atoms with Crippen molar-refractivity contribution in [3.8, 4) is 0 Å². The van der Waals surface area contributed by atoms with E-state index in [1.165, 1.54) is 0 Å². The summed E-state index contributed by atoms with van der Waals surface area (Å²) in [6.07, 6.45) is -2.46. The molecule has 1 heterocycles. The first kappa shape index (κ1) is 12.8. The Labute approximate surface area is 88.8 Å². The summed E-state index contributed by atoms with van der Waals surface area (Å²) in [5.74, 6) is 0. The Kier molecular flexibility index (Phi) is 4.40. The van der Waals surface area contributed by atoms with Gasteiger partial charge in [-0.1, -0.05) is 0 Å². The number of alkyl halides is 3. The van der Waals surface area contributed by atoms with Crippen molar-refractivity contribution in [1.82, 2.24) is 10.2 Å². The molecule has 0 bridgehead atoms. The summed E-state index contributed by atoms with van der Waals surface area (Å²) < 4.78 is 37.1. The summed E-state index contributed by atoms with van der Waals surface area (Å²) in [4.78, 5) is 1.57.